The molecule has 1 saturated carbocycles. The molecule has 0 aromatic carbocycles. The van der Waals surface area contributed by atoms with Gasteiger partial charge in [0, 0.05) is 12.8 Å². The number of hydrogen-bond donors (Lipinski definition) is 1. The van der Waals surface area contributed by atoms with Crippen molar-refractivity contribution in [1.82, 2.24) is 0 Å². The molecule has 1 aliphatic rings. The highest BCUT2D eigenvalue weighted by Gasteiger charge is 2.35. The predicted molar refractivity (Wildman–Crippen MR) is 53.6 cm³/mol. The average Bonchev–Trinajstić information content (AvgIpc) is 2.30. The van der Waals surface area contributed by atoms with E-state index in [1.165, 1.54) is 0 Å². The number of aliphatic hydroxyl groups is 1. The van der Waals surface area contributed by atoms with E-state index in [9.17, 15) is 9.90 Å². The maximum Gasteiger partial charge on any atom is 0.308 e. The van der Waals surface area contributed by atoms with Crippen molar-refractivity contribution in [1.29, 1.82) is 0 Å². The van der Waals surface area contributed by atoms with E-state index in [4.69, 9.17) is 4.74 Å². The molecule has 82 valence electrons. The van der Waals surface area contributed by atoms with Crippen LogP contribution >= 0.6 is 0 Å². The van der Waals surface area contributed by atoms with Gasteiger partial charge in [-0.3, -0.25) is 4.79 Å². The largest absolute Gasteiger partial charge is 0.433 e. The second-order valence-corrected chi connectivity index (χ2v) is 5.36. The zero-order valence-electron chi connectivity index (χ0n) is 9.30. The molecule has 0 spiro atoms. The van der Waals surface area contributed by atoms with Gasteiger partial charge in [-0.2, -0.15) is 0 Å². The lowest BCUT2D eigenvalue weighted by Gasteiger charge is -2.25. The monoisotopic (exact) mass is 200 g/mol. The average molecular weight is 200 g/mol. The van der Waals surface area contributed by atoms with Gasteiger partial charge in [-0.05, 0) is 18.3 Å². The Morgan fingerprint density at radius 2 is 1.86 bits per heavy atom. The second-order valence-electron chi connectivity index (χ2n) is 5.36. The summed E-state index contributed by atoms with van der Waals surface area (Å²) in [6.07, 6.45) is 3.42. The van der Waals surface area contributed by atoms with Gasteiger partial charge in [-0.25, -0.2) is 0 Å². The first-order valence-corrected chi connectivity index (χ1v) is 5.25. The zero-order valence-corrected chi connectivity index (χ0v) is 9.30. The normalized spacial score (nSPS) is 20.9. The van der Waals surface area contributed by atoms with Gasteiger partial charge in [0.25, 0.3) is 0 Å². The van der Waals surface area contributed by atoms with E-state index < -0.39 is 5.79 Å². The van der Waals surface area contributed by atoms with Crippen LogP contribution in [0.1, 0.15) is 52.9 Å². The molecule has 0 atom stereocenters. The summed E-state index contributed by atoms with van der Waals surface area (Å²) >= 11 is 0. The first-order valence-electron chi connectivity index (χ1n) is 5.25. The summed E-state index contributed by atoms with van der Waals surface area (Å²) in [6, 6.07) is 0. The third kappa shape index (κ3) is 3.66. The van der Waals surface area contributed by atoms with Crippen molar-refractivity contribution in [2.75, 3.05) is 0 Å². The molecule has 3 nitrogen and oxygen atoms in total. The van der Waals surface area contributed by atoms with Gasteiger partial charge in [0.1, 0.15) is 0 Å². The van der Waals surface area contributed by atoms with Crippen LogP contribution in [-0.4, -0.2) is 16.9 Å². The number of hydrogen-bond acceptors (Lipinski definition) is 3. The zero-order chi connectivity index (χ0) is 10.8. The summed E-state index contributed by atoms with van der Waals surface area (Å²) < 4.78 is 5.09. The Kier molecular flexibility index (Phi) is 3.20. The first-order chi connectivity index (χ1) is 6.31. The lowest BCUT2D eigenvalue weighted by Crippen LogP contribution is -2.32. The van der Waals surface area contributed by atoms with Gasteiger partial charge in [0.05, 0.1) is 6.42 Å². The van der Waals surface area contributed by atoms with E-state index in [0.717, 1.165) is 12.8 Å². The minimum absolute atomic E-state index is 0.0773. The topological polar surface area (TPSA) is 46.5 Å². The van der Waals surface area contributed by atoms with Crippen LogP contribution in [0.25, 0.3) is 0 Å². The number of carbonyl (C=O) groups excluding carboxylic acids is 1. The number of esters is 1. The summed E-state index contributed by atoms with van der Waals surface area (Å²) in [5.74, 6) is -1.45. The SMILES string of the molecule is CC(C)(C)CC(=O)OC1(O)CCCC1. The summed E-state index contributed by atoms with van der Waals surface area (Å²) in [5.41, 5.74) is -0.0773. The lowest BCUT2D eigenvalue weighted by molar-refractivity contribution is -0.207. The Morgan fingerprint density at radius 1 is 1.36 bits per heavy atom. The molecule has 0 unspecified atom stereocenters. The van der Waals surface area contributed by atoms with E-state index in [1.807, 2.05) is 20.8 Å². The van der Waals surface area contributed by atoms with Crippen molar-refractivity contribution >= 4 is 5.97 Å². The van der Waals surface area contributed by atoms with E-state index in [1.54, 1.807) is 0 Å². The third-order valence-corrected chi connectivity index (χ3v) is 2.36. The van der Waals surface area contributed by atoms with Crippen molar-refractivity contribution in [3.63, 3.8) is 0 Å². The molecule has 0 saturated heterocycles. The highest BCUT2D eigenvalue weighted by molar-refractivity contribution is 5.70. The van der Waals surface area contributed by atoms with Gasteiger partial charge in [0.15, 0.2) is 0 Å². The van der Waals surface area contributed by atoms with Crippen LogP contribution in [0.15, 0.2) is 0 Å². The molecular formula is C11H20O3. The molecule has 0 aliphatic heterocycles. The molecule has 1 rings (SSSR count). The fourth-order valence-electron chi connectivity index (χ4n) is 1.71. The molecule has 3 heteroatoms. The molecule has 0 bridgehead atoms. The highest BCUT2D eigenvalue weighted by Crippen LogP contribution is 2.31. The van der Waals surface area contributed by atoms with E-state index >= 15 is 0 Å². The van der Waals surface area contributed by atoms with Crippen molar-refractivity contribution < 1.29 is 14.6 Å². The lowest BCUT2D eigenvalue weighted by atomic mass is 9.92. The van der Waals surface area contributed by atoms with E-state index in [-0.39, 0.29) is 11.4 Å². The molecule has 0 heterocycles. The maximum absolute atomic E-state index is 11.4. The molecule has 14 heavy (non-hydrogen) atoms. The van der Waals surface area contributed by atoms with Crippen molar-refractivity contribution in [2.45, 2.75) is 58.7 Å². The third-order valence-electron chi connectivity index (χ3n) is 2.36. The predicted octanol–water partition coefficient (Wildman–Crippen LogP) is 2.23. The second kappa shape index (κ2) is 3.89. The van der Waals surface area contributed by atoms with Crippen molar-refractivity contribution in [3.05, 3.63) is 0 Å². The summed E-state index contributed by atoms with van der Waals surface area (Å²) in [5, 5.41) is 9.82. The summed E-state index contributed by atoms with van der Waals surface area (Å²) in [6.45, 7) is 5.94. The Hall–Kier alpha value is -0.570. The fraction of sp³-hybridized carbons (Fsp3) is 0.909. The smallest absolute Gasteiger partial charge is 0.308 e. The standard InChI is InChI=1S/C11H20O3/c1-10(2,3)8-9(12)14-11(13)6-4-5-7-11/h13H,4-8H2,1-3H3. The molecule has 1 fully saturated rings. The highest BCUT2D eigenvalue weighted by atomic mass is 16.7. The van der Waals surface area contributed by atoms with E-state index in [0.29, 0.717) is 19.3 Å². The van der Waals surface area contributed by atoms with Gasteiger partial charge in [-0.1, -0.05) is 20.8 Å². The maximum atomic E-state index is 11.4. The van der Waals surface area contributed by atoms with Crippen LogP contribution < -0.4 is 0 Å². The van der Waals surface area contributed by atoms with Gasteiger partial charge in [0.2, 0.25) is 5.79 Å². The molecule has 1 aliphatic carbocycles. The fourth-order valence-corrected chi connectivity index (χ4v) is 1.71. The van der Waals surface area contributed by atoms with Crippen LogP contribution in [0.3, 0.4) is 0 Å². The van der Waals surface area contributed by atoms with Crippen LogP contribution in [0.5, 0.6) is 0 Å². The quantitative estimate of drug-likeness (QED) is 0.549. The Labute approximate surface area is 85.5 Å². The van der Waals surface area contributed by atoms with Crippen LogP contribution in [-0.2, 0) is 9.53 Å². The van der Waals surface area contributed by atoms with Crippen molar-refractivity contribution in [2.24, 2.45) is 5.41 Å². The van der Waals surface area contributed by atoms with Crippen LogP contribution in [0, 0.1) is 5.41 Å². The molecular weight excluding hydrogens is 180 g/mol. The molecule has 1 N–H and O–H groups in total. The first kappa shape index (κ1) is 11.5. The van der Waals surface area contributed by atoms with Gasteiger partial charge in [-0.15, -0.1) is 0 Å². The Balaban J connectivity index is 2.40. The summed E-state index contributed by atoms with van der Waals surface area (Å²) in [7, 11) is 0. The van der Waals surface area contributed by atoms with E-state index in [2.05, 4.69) is 0 Å². The number of rotatable bonds is 2. The Morgan fingerprint density at radius 3 is 2.29 bits per heavy atom. The molecule has 0 aromatic heterocycles. The molecule has 0 amide bonds. The molecule has 0 radical (unpaired) electrons. The minimum Gasteiger partial charge on any atom is -0.433 e. The Bertz CT molecular complexity index is 209. The summed E-state index contributed by atoms with van der Waals surface area (Å²) in [4.78, 5) is 11.4. The van der Waals surface area contributed by atoms with Crippen molar-refractivity contribution in [3.8, 4) is 0 Å². The molecule has 0 aromatic rings. The van der Waals surface area contributed by atoms with Gasteiger partial charge < -0.3 is 9.84 Å². The van der Waals surface area contributed by atoms with Crippen LogP contribution in [0.4, 0.5) is 0 Å². The van der Waals surface area contributed by atoms with Gasteiger partial charge >= 0.3 is 5.97 Å². The number of ether oxygens (including phenoxy) is 1. The minimum atomic E-state index is -1.16. The van der Waals surface area contributed by atoms with Crippen LogP contribution in [0.2, 0.25) is 0 Å². The number of carbonyl (C=O) groups is 1.